The highest BCUT2D eigenvalue weighted by Crippen LogP contribution is 2.18. The molecular weight excluding hydrogens is 262 g/mol. The van der Waals surface area contributed by atoms with E-state index in [9.17, 15) is 9.59 Å². The van der Waals surface area contributed by atoms with Gasteiger partial charge in [0.15, 0.2) is 0 Å². The molecule has 0 radical (unpaired) electrons. The number of methoxy groups -OCH3 is 1. The molecule has 1 fully saturated rings. The summed E-state index contributed by atoms with van der Waals surface area (Å²) in [4.78, 5) is 22.6. The van der Waals surface area contributed by atoms with Crippen molar-refractivity contribution >= 4 is 12.0 Å². The van der Waals surface area contributed by atoms with Crippen molar-refractivity contribution in [3.05, 3.63) is 0 Å². The second kappa shape index (κ2) is 9.55. The average Bonchev–Trinajstić information content (AvgIpc) is 3.21. The molecule has 0 aliphatic heterocycles. The molecule has 0 aromatic heterocycles. The molecule has 1 aliphatic carbocycles. The summed E-state index contributed by atoms with van der Waals surface area (Å²) >= 11 is 0. The topological polar surface area (TPSA) is 99.7 Å². The highest BCUT2D eigenvalue weighted by atomic mass is 16.5. The molecule has 1 aliphatic rings. The van der Waals surface area contributed by atoms with Crippen LogP contribution in [0, 0.1) is 0 Å². The van der Waals surface area contributed by atoms with Crippen molar-refractivity contribution < 1.29 is 19.4 Å². The van der Waals surface area contributed by atoms with Gasteiger partial charge in [0.1, 0.15) is 6.04 Å². The first-order valence-corrected chi connectivity index (χ1v) is 7.13. The number of rotatable bonds is 11. The lowest BCUT2D eigenvalue weighted by Gasteiger charge is -2.15. The normalized spacial score (nSPS) is 15.7. The van der Waals surface area contributed by atoms with Crippen LogP contribution >= 0.6 is 0 Å². The Bertz CT molecular complexity index is 308. The van der Waals surface area contributed by atoms with Crippen molar-refractivity contribution in [1.82, 2.24) is 16.0 Å². The zero-order chi connectivity index (χ0) is 14.8. The van der Waals surface area contributed by atoms with Gasteiger partial charge < -0.3 is 25.8 Å². The Kier molecular flexibility index (Phi) is 7.98. The fraction of sp³-hybridized carbons (Fsp3) is 0.846. The number of hydrogen-bond acceptors (Lipinski definition) is 4. The number of carboxylic acid groups (broad SMARTS) is 1. The van der Waals surface area contributed by atoms with Crippen LogP contribution in [0.3, 0.4) is 0 Å². The summed E-state index contributed by atoms with van der Waals surface area (Å²) in [6.07, 6.45) is 4.29. The van der Waals surface area contributed by atoms with E-state index >= 15 is 0 Å². The van der Waals surface area contributed by atoms with Gasteiger partial charge in [-0.2, -0.15) is 0 Å². The van der Waals surface area contributed by atoms with E-state index in [1.807, 2.05) is 0 Å². The van der Waals surface area contributed by atoms with Crippen LogP contribution in [0.1, 0.15) is 32.1 Å². The molecule has 7 nitrogen and oxygen atoms in total. The van der Waals surface area contributed by atoms with Crippen LogP contribution in [-0.2, 0) is 9.53 Å². The number of amides is 2. The Morgan fingerprint density at radius 2 is 2.05 bits per heavy atom. The highest BCUT2D eigenvalue weighted by molar-refractivity contribution is 5.82. The van der Waals surface area contributed by atoms with Crippen molar-refractivity contribution in [2.24, 2.45) is 0 Å². The number of nitrogens with one attached hydrogen (secondary N) is 3. The molecule has 0 heterocycles. The molecule has 4 N–H and O–H groups in total. The molecule has 20 heavy (non-hydrogen) atoms. The van der Waals surface area contributed by atoms with E-state index in [0.717, 1.165) is 13.0 Å². The van der Waals surface area contributed by atoms with E-state index in [4.69, 9.17) is 9.84 Å². The minimum atomic E-state index is -1.02. The molecule has 0 aromatic rings. The molecular formula is C13H25N3O4. The van der Waals surface area contributed by atoms with Gasteiger partial charge in [-0.25, -0.2) is 9.59 Å². The zero-order valence-electron chi connectivity index (χ0n) is 12.0. The van der Waals surface area contributed by atoms with Gasteiger partial charge in [0.05, 0.1) is 0 Å². The lowest BCUT2D eigenvalue weighted by molar-refractivity contribution is -0.139. The van der Waals surface area contributed by atoms with Crippen molar-refractivity contribution in [3.63, 3.8) is 0 Å². The van der Waals surface area contributed by atoms with Crippen LogP contribution < -0.4 is 16.0 Å². The first-order chi connectivity index (χ1) is 9.63. The molecule has 0 bridgehead atoms. The Hall–Kier alpha value is -1.34. The minimum absolute atomic E-state index is 0.361. The summed E-state index contributed by atoms with van der Waals surface area (Å²) in [6, 6.07) is -0.628. The van der Waals surface area contributed by atoms with Gasteiger partial charge in [0, 0.05) is 26.3 Å². The maximum absolute atomic E-state index is 11.6. The van der Waals surface area contributed by atoms with Crippen LogP contribution in [0.4, 0.5) is 4.79 Å². The van der Waals surface area contributed by atoms with Gasteiger partial charge in [-0.15, -0.1) is 0 Å². The molecule has 0 spiro atoms. The van der Waals surface area contributed by atoms with E-state index in [2.05, 4.69) is 16.0 Å². The molecule has 2 amide bonds. The highest BCUT2D eigenvalue weighted by Gasteiger charge is 2.20. The van der Waals surface area contributed by atoms with Gasteiger partial charge in [0.2, 0.25) is 0 Å². The molecule has 0 saturated heterocycles. The van der Waals surface area contributed by atoms with Crippen LogP contribution in [-0.4, -0.2) is 56.0 Å². The number of carbonyl (C=O) groups excluding carboxylic acids is 1. The van der Waals surface area contributed by atoms with Gasteiger partial charge in [-0.3, -0.25) is 0 Å². The van der Waals surface area contributed by atoms with Crippen LogP contribution in [0.25, 0.3) is 0 Å². The lowest BCUT2D eigenvalue weighted by Crippen LogP contribution is -2.46. The molecule has 1 saturated carbocycles. The lowest BCUT2D eigenvalue weighted by atomic mass is 10.1. The van der Waals surface area contributed by atoms with Crippen LogP contribution in [0.2, 0.25) is 0 Å². The maximum Gasteiger partial charge on any atom is 0.326 e. The smallest absolute Gasteiger partial charge is 0.326 e. The number of ether oxygens (including phenoxy) is 1. The predicted molar refractivity (Wildman–Crippen MR) is 74.7 cm³/mol. The van der Waals surface area contributed by atoms with Crippen LogP contribution in [0.15, 0.2) is 0 Å². The van der Waals surface area contributed by atoms with Crippen molar-refractivity contribution in [3.8, 4) is 0 Å². The monoisotopic (exact) mass is 287 g/mol. The van der Waals surface area contributed by atoms with E-state index in [1.54, 1.807) is 7.11 Å². The summed E-state index contributed by atoms with van der Waals surface area (Å²) in [5.74, 6) is -1.02. The Morgan fingerprint density at radius 3 is 2.65 bits per heavy atom. The predicted octanol–water partition coefficient (Wildman–Crippen LogP) is 0.308. The fourth-order valence-corrected chi connectivity index (χ4v) is 1.78. The maximum atomic E-state index is 11.6. The number of hydrogen-bond donors (Lipinski definition) is 4. The number of carbonyl (C=O) groups is 2. The number of aliphatic carboxylic acids is 1. The number of urea groups is 1. The summed E-state index contributed by atoms with van der Waals surface area (Å²) in [7, 11) is 1.56. The molecule has 1 rings (SSSR count). The third-order valence-corrected chi connectivity index (χ3v) is 3.09. The Labute approximate surface area is 119 Å². The molecule has 0 aromatic carbocycles. The summed E-state index contributed by atoms with van der Waals surface area (Å²) in [5.41, 5.74) is 0. The van der Waals surface area contributed by atoms with Crippen molar-refractivity contribution in [2.75, 3.05) is 26.8 Å². The first kappa shape index (κ1) is 16.7. The summed E-state index contributed by atoms with van der Waals surface area (Å²) < 4.78 is 4.86. The molecule has 7 heteroatoms. The van der Waals surface area contributed by atoms with Gasteiger partial charge >= 0.3 is 12.0 Å². The van der Waals surface area contributed by atoms with Gasteiger partial charge in [-0.1, -0.05) is 0 Å². The van der Waals surface area contributed by atoms with E-state index in [-0.39, 0.29) is 0 Å². The minimum Gasteiger partial charge on any atom is -0.480 e. The fourth-order valence-electron chi connectivity index (χ4n) is 1.78. The standard InChI is InChI=1S/C13H25N3O4/c1-20-9-2-4-11(12(17)18)16-13(19)15-8-3-7-14-10-5-6-10/h10-11,14H,2-9H2,1H3,(H,17,18)(H2,15,16,19). The zero-order valence-corrected chi connectivity index (χ0v) is 12.0. The summed E-state index contributed by atoms with van der Waals surface area (Å²) in [5, 5.41) is 17.5. The average molecular weight is 287 g/mol. The quantitative estimate of drug-likeness (QED) is 0.410. The third kappa shape index (κ3) is 7.96. The second-order valence-corrected chi connectivity index (χ2v) is 5.01. The molecule has 1 unspecified atom stereocenters. The third-order valence-electron chi connectivity index (χ3n) is 3.09. The van der Waals surface area contributed by atoms with E-state index in [0.29, 0.717) is 32.0 Å². The molecule has 116 valence electrons. The van der Waals surface area contributed by atoms with Crippen molar-refractivity contribution in [1.29, 1.82) is 0 Å². The van der Waals surface area contributed by atoms with Gasteiger partial charge in [-0.05, 0) is 38.6 Å². The number of carboxylic acids is 1. The SMILES string of the molecule is COCCCC(NC(=O)NCCCNC1CC1)C(=O)O. The van der Waals surface area contributed by atoms with E-state index in [1.165, 1.54) is 12.8 Å². The van der Waals surface area contributed by atoms with Crippen molar-refractivity contribution in [2.45, 2.75) is 44.2 Å². The largest absolute Gasteiger partial charge is 0.480 e. The first-order valence-electron chi connectivity index (χ1n) is 7.13. The van der Waals surface area contributed by atoms with Crippen LogP contribution in [0.5, 0.6) is 0 Å². The van der Waals surface area contributed by atoms with Gasteiger partial charge in [0.25, 0.3) is 0 Å². The Morgan fingerprint density at radius 1 is 1.30 bits per heavy atom. The molecule has 1 atom stereocenters. The van der Waals surface area contributed by atoms with E-state index < -0.39 is 18.0 Å². The Balaban J connectivity index is 2.07. The second-order valence-electron chi connectivity index (χ2n) is 5.01. The summed E-state index contributed by atoms with van der Waals surface area (Å²) in [6.45, 7) is 1.90.